The minimum atomic E-state index is -0.516. The summed E-state index contributed by atoms with van der Waals surface area (Å²) < 4.78 is 11.7. The molecule has 1 heterocycles. The Labute approximate surface area is 185 Å². The van der Waals surface area contributed by atoms with Crippen molar-refractivity contribution in [2.45, 2.75) is 13.5 Å². The minimum Gasteiger partial charge on any atom is -0.490 e. The van der Waals surface area contributed by atoms with Gasteiger partial charge < -0.3 is 14.3 Å². The molecule has 0 amide bonds. The van der Waals surface area contributed by atoms with Gasteiger partial charge in [0.1, 0.15) is 12.3 Å². The van der Waals surface area contributed by atoms with Gasteiger partial charge in [-0.15, -0.1) is 0 Å². The molecule has 0 atom stereocenters. The second-order valence-electron chi connectivity index (χ2n) is 6.78. The van der Waals surface area contributed by atoms with Crippen molar-refractivity contribution in [3.63, 3.8) is 0 Å². The Morgan fingerprint density at radius 2 is 1.71 bits per heavy atom. The largest absolute Gasteiger partial charge is 0.490 e. The Hall–Kier alpha value is -3.57. The van der Waals surface area contributed by atoms with E-state index in [0.717, 1.165) is 11.1 Å². The summed E-state index contributed by atoms with van der Waals surface area (Å²) in [4.78, 5) is 17.2. The zero-order valence-corrected chi connectivity index (χ0v) is 17.6. The number of benzene rings is 3. The van der Waals surface area contributed by atoms with Crippen molar-refractivity contribution in [3.8, 4) is 11.5 Å². The van der Waals surface area contributed by atoms with Crippen LogP contribution in [0.2, 0.25) is 5.02 Å². The maximum atomic E-state index is 12.3. The molecule has 6 heteroatoms. The average molecular weight is 434 g/mol. The van der Waals surface area contributed by atoms with E-state index in [1.807, 2.05) is 67.6 Å². The van der Waals surface area contributed by atoms with Gasteiger partial charge in [0.2, 0.25) is 0 Å². The van der Waals surface area contributed by atoms with Gasteiger partial charge in [0.05, 0.1) is 17.2 Å². The van der Waals surface area contributed by atoms with E-state index < -0.39 is 5.97 Å². The third-order valence-electron chi connectivity index (χ3n) is 4.61. The van der Waals surface area contributed by atoms with E-state index >= 15 is 0 Å². The fraction of sp³-hybridized carbons (Fsp3) is 0.120. The van der Waals surface area contributed by atoms with Gasteiger partial charge in [-0.3, -0.25) is 0 Å². The van der Waals surface area contributed by atoms with Crippen molar-refractivity contribution < 1.29 is 19.1 Å². The number of oxime groups is 1. The van der Waals surface area contributed by atoms with Crippen LogP contribution in [0.15, 0.2) is 83.5 Å². The topological polar surface area (TPSA) is 57.1 Å². The highest BCUT2D eigenvalue weighted by Crippen LogP contribution is 2.38. The number of hydrogen-bond donors (Lipinski definition) is 0. The van der Waals surface area contributed by atoms with Crippen LogP contribution in [0.4, 0.5) is 0 Å². The highest BCUT2D eigenvalue weighted by atomic mass is 35.5. The van der Waals surface area contributed by atoms with Gasteiger partial charge in [-0.25, -0.2) is 4.79 Å². The van der Waals surface area contributed by atoms with E-state index in [4.69, 9.17) is 25.9 Å². The summed E-state index contributed by atoms with van der Waals surface area (Å²) in [6.45, 7) is 2.68. The lowest BCUT2D eigenvalue weighted by Crippen LogP contribution is -2.07. The van der Waals surface area contributed by atoms with Crippen LogP contribution >= 0.6 is 11.6 Å². The van der Waals surface area contributed by atoms with Gasteiger partial charge in [0, 0.05) is 5.56 Å². The van der Waals surface area contributed by atoms with Gasteiger partial charge in [-0.1, -0.05) is 77.4 Å². The van der Waals surface area contributed by atoms with Crippen LogP contribution in [0.25, 0.3) is 6.08 Å². The van der Waals surface area contributed by atoms with E-state index in [1.165, 1.54) is 0 Å². The lowest BCUT2D eigenvalue weighted by Gasteiger charge is -2.15. The van der Waals surface area contributed by atoms with Gasteiger partial charge >= 0.3 is 5.97 Å². The first-order valence-corrected chi connectivity index (χ1v) is 10.2. The number of carbonyl (C=O) groups is 1. The second-order valence-corrected chi connectivity index (χ2v) is 7.19. The molecule has 156 valence electrons. The number of carbonyl (C=O) groups excluding carboxylic acids is 1. The summed E-state index contributed by atoms with van der Waals surface area (Å²) in [5.41, 5.74) is 3.31. The van der Waals surface area contributed by atoms with Crippen LogP contribution in [-0.4, -0.2) is 18.3 Å². The molecule has 0 saturated heterocycles. The number of halogens is 1. The normalized spacial score (nSPS) is 14.3. The molecule has 0 aromatic heterocycles. The van der Waals surface area contributed by atoms with Gasteiger partial charge in [0.15, 0.2) is 11.5 Å². The van der Waals surface area contributed by atoms with Crippen LogP contribution in [0.5, 0.6) is 11.5 Å². The SMILES string of the molecule is CCOc1cc(/C=C2\C(=O)ON=C2c2ccccc2)cc(Cl)c1OCc1ccccc1. The lowest BCUT2D eigenvalue weighted by molar-refractivity contribution is -0.136. The average Bonchev–Trinajstić information content (AvgIpc) is 3.15. The van der Waals surface area contributed by atoms with Crippen molar-refractivity contribution in [1.82, 2.24) is 0 Å². The first kappa shape index (κ1) is 20.7. The first-order chi connectivity index (χ1) is 15.2. The molecule has 0 unspecified atom stereocenters. The molecule has 0 aliphatic carbocycles. The van der Waals surface area contributed by atoms with E-state index in [9.17, 15) is 4.79 Å². The summed E-state index contributed by atoms with van der Waals surface area (Å²) in [7, 11) is 0. The van der Waals surface area contributed by atoms with Crippen LogP contribution in [0.1, 0.15) is 23.6 Å². The maximum Gasteiger partial charge on any atom is 0.368 e. The van der Waals surface area contributed by atoms with Gasteiger partial charge in [-0.05, 0) is 36.3 Å². The number of ether oxygens (including phenoxy) is 2. The molecule has 0 N–H and O–H groups in total. The number of nitrogens with zero attached hydrogens (tertiary/aromatic N) is 1. The molecule has 0 radical (unpaired) electrons. The molecule has 3 aromatic carbocycles. The molecule has 0 saturated carbocycles. The highest BCUT2D eigenvalue weighted by molar-refractivity contribution is 6.33. The molecular formula is C25H20ClNO4. The molecule has 4 rings (SSSR count). The summed E-state index contributed by atoms with van der Waals surface area (Å²) in [6, 6.07) is 22.7. The molecule has 0 spiro atoms. The van der Waals surface area contributed by atoms with Crippen LogP contribution in [0, 0.1) is 0 Å². The third-order valence-corrected chi connectivity index (χ3v) is 4.89. The second kappa shape index (κ2) is 9.49. The third kappa shape index (κ3) is 4.78. The summed E-state index contributed by atoms with van der Waals surface area (Å²) in [5, 5.41) is 4.32. The summed E-state index contributed by atoms with van der Waals surface area (Å²) >= 11 is 6.53. The van der Waals surface area contributed by atoms with Crippen molar-refractivity contribution in [3.05, 3.63) is 100 Å². The standard InChI is InChI=1S/C25H20ClNO4/c1-2-29-22-15-18(14-21(26)24(22)30-16-17-9-5-3-6-10-17)13-20-23(27-31-25(20)28)19-11-7-4-8-12-19/h3-15H,2,16H2,1H3/b20-13-. The summed E-state index contributed by atoms with van der Waals surface area (Å²) in [6.07, 6.45) is 1.69. The number of hydrogen-bond acceptors (Lipinski definition) is 5. The molecule has 0 fully saturated rings. The van der Waals surface area contributed by atoms with Crippen LogP contribution in [-0.2, 0) is 16.2 Å². The monoisotopic (exact) mass is 433 g/mol. The smallest absolute Gasteiger partial charge is 0.368 e. The predicted octanol–water partition coefficient (Wildman–Crippen LogP) is 5.66. The molecule has 5 nitrogen and oxygen atoms in total. The van der Waals surface area contributed by atoms with Crippen molar-refractivity contribution in [2.24, 2.45) is 5.16 Å². The van der Waals surface area contributed by atoms with Gasteiger partial charge in [-0.2, -0.15) is 0 Å². The van der Waals surface area contributed by atoms with Crippen LogP contribution in [0.3, 0.4) is 0 Å². The summed E-state index contributed by atoms with van der Waals surface area (Å²) in [5.74, 6) is 0.445. The fourth-order valence-electron chi connectivity index (χ4n) is 3.18. The Balaban J connectivity index is 1.65. The van der Waals surface area contributed by atoms with Crippen molar-refractivity contribution in [2.75, 3.05) is 6.61 Å². The Kier molecular flexibility index (Phi) is 6.34. The molecule has 1 aliphatic heterocycles. The zero-order chi connectivity index (χ0) is 21.6. The fourth-order valence-corrected chi connectivity index (χ4v) is 3.46. The van der Waals surface area contributed by atoms with Gasteiger partial charge in [0.25, 0.3) is 0 Å². The van der Waals surface area contributed by atoms with E-state index in [2.05, 4.69) is 5.16 Å². The highest BCUT2D eigenvalue weighted by Gasteiger charge is 2.27. The molecule has 3 aromatic rings. The molecular weight excluding hydrogens is 414 g/mol. The van der Waals surface area contributed by atoms with Crippen molar-refractivity contribution in [1.29, 1.82) is 0 Å². The quantitative estimate of drug-likeness (QED) is 0.356. The maximum absolute atomic E-state index is 12.3. The minimum absolute atomic E-state index is 0.350. The van der Waals surface area contributed by atoms with Crippen molar-refractivity contribution >= 4 is 29.4 Å². The Morgan fingerprint density at radius 1 is 1.00 bits per heavy atom. The lowest BCUT2D eigenvalue weighted by atomic mass is 10.0. The Bertz CT molecular complexity index is 1140. The Morgan fingerprint density at radius 3 is 2.42 bits per heavy atom. The van der Waals surface area contributed by atoms with E-state index in [0.29, 0.717) is 46.6 Å². The van der Waals surface area contributed by atoms with Crippen LogP contribution < -0.4 is 9.47 Å². The van der Waals surface area contributed by atoms with E-state index in [1.54, 1.807) is 18.2 Å². The first-order valence-electron chi connectivity index (χ1n) is 9.85. The van der Waals surface area contributed by atoms with E-state index in [-0.39, 0.29) is 0 Å². The molecule has 1 aliphatic rings. The molecule has 0 bridgehead atoms. The zero-order valence-electron chi connectivity index (χ0n) is 16.9. The predicted molar refractivity (Wildman–Crippen MR) is 120 cm³/mol. The number of rotatable bonds is 7. The molecule has 31 heavy (non-hydrogen) atoms.